The number of fused-ring (bicyclic) bond motifs is 1. The Kier molecular flexibility index (Phi) is 3.75. The molecule has 4 aromatic rings. The lowest BCUT2D eigenvalue weighted by molar-refractivity contribution is 0.557. The Labute approximate surface area is 140 Å². The summed E-state index contributed by atoms with van der Waals surface area (Å²) in [7, 11) is 0. The summed E-state index contributed by atoms with van der Waals surface area (Å²) in [6.07, 6.45) is 5.64. The molecule has 3 heteroatoms. The van der Waals surface area contributed by atoms with Crippen LogP contribution in [0.15, 0.2) is 71.3 Å². The second-order valence-corrected chi connectivity index (χ2v) is 5.88. The summed E-state index contributed by atoms with van der Waals surface area (Å²) in [4.78, 5) is 4.77. The summed E-state index contributed by atoms with van der Waals surface area (Å²) in [6, 6.07) is 20.6. The molecule has 0 aliphatic carbocycles. The van der Waals surface area contributed by atoms with Crippen molar-refractivity contribution >= 4 is 23.2 Å². The van der Waals surface area contributed by atoms with Gasteiger partial charge in [0.15, 0.2) is 0 Å². The average molecular weight is 314 g/mol. The minimum absolute atomic E-state index is 0.792. The van der Waals surface area contributed by atoms with Crippen molar-refractivity contribution in [3.63, 3.8) is 0 Å². The molecule has 0 radical (unpaired) electrons. The highest BCUT2D eigenvalue weighted by Gasteiger charge is 2.09. The van der Waals surface area contributed by atoms with Gasteiger partial charge in [-0.2, -0.15) is 0 Å². The predicted molar refractivity (Wildman–Crippen MR) is 97.7 cm³/mol. The number of aromatic nitrogens is 2. The van der Waals surface area contributed by atoms with Gasteiger partial charge in [-0.15, -0.1) is 0 Å². The van der Waals surface area contributed by atoms with Gasteiger partial charge in [0.1, 0.15) is 11.6 Å². The van der Waals surface area contributed by atoms with E-state index in [4.69, 9.17) is 9.40 Å². The van der Waals surface area contributed by atoms with E-state index in [2.05, 4.69) is 47.9 Å². The fourth-order valence-electron chi connectivity index (χ4n) is 2.92. The minimum atomic E-state index is 0.792. The Hall–Kier alpha value is -3.07. The van der Waals surface area contributed by atoms with Gasteiger partial charge in [-0.1, -0.05) is 42.0 Å². The van der Waals surface area contributed by atoms with Crippen LogP contribution in [0.5, 0.6) is 0 Å². The van der Waals surface area contributed by atoms with Crippen molar-refractivity contribution in [2.45, 2.75) is 13.5 Å². The standard InChI is InChI=1S/C21H18N2O/c1-16-6-4-7-17(14-16)15-23-20-10-3-2-9-19(20)22-21(23)12-11-18-8-5-13-24-18/h2-14H,15H2,1H3. The van der Waals surface area contributed by atoms with Crippen molar-refractivity contribution in [1.82, 2.24) is 9.55 Å². The molecule has 24 heavy (non-hydrogen) atoms. The molecule has 3 nitrogen and oxygen atoms in total. The van der Waals surface area contributed by atoms with Crippen molar-refractivity contribution in [1.29, 1.82) is 0 Å². The fourth-order valence-corrected chi connectivity index (χ4v) is 2.92. The lowest BCUT2D eigenvalue weighted by Gasteiger charge is -2.08. The zero-order valence-electron chi connectivity index (χ0n) is 13.5. The van der Waals surface area contributed by atoms with Crippen LogP contribution in [0.4, 0.5) is 0 Å². The molecule has 2 aromatic carbocycles. The number of hydrogen-bond acceptors (Lipinski definition) is 2. The first-order chi connectivity index (χ1) is 11.8. The number of para-hydroxylation sites is 2. The SMILES string of the molecule is Cc1cccc(Cn2c(C=Cc3ccco3)nc3ccccc32)c1. The van der Waals surface area contributed by atoms with Crippen molar-refractivity contribution in [2.24, 2.45) is 0 Å². The third-order valence-corrected chi connectivity index (χ3v) is 4.05. The third kappa shape index (κ3) is 2.88. The predicted octanol–water partition coefficient (Wildman–Crippen LogP) is 5.16. The van der Waals surface area contributed by atoms with Gasteiger partial charge >= 0.3 is 0 Å². The number of imidazole rings is 1. The van der Waals surface area contributed by atoms with Gasteiger partial charge < -0.3 is 8.98 Å². The van der Waals surface area contributed by atoms with Crippen molar-refractivity contribution < 1.29 is 4.42 Å². The third-order valence-electron chi connectivity index (χ3n) is 4.05. The van der Waals surface area contributed by atoms with Crippen LogP contribution in [0.3, 0.4) is 0 Å². The maximum absolute atomic E-state index is 5.38. The topological polar surface area (TPSA) is 31.0 Å². The van der Waals surface area contributed by atoms with E-state index in [1.54, 1.807) is 6.26 Å². The number of furan rings is 1. The summed E-state index contributed by atoms with van der Waals surface area (Å²) >= 11 is 0. The fraction of sp³-hybridized carbons (Fsp3) is 0.0952. The van der Waals surface area contributed by atoms with Crippen LogP contribution in [0, 0.1) is 6.92 Å². The summed E-state index contributed by atoms with van der Waals surface area (Å²) < 4.78 is 7.62. The Morgan fingerprint density at radius 3 is 2.75 bits per heavy atom. The molecule has 0 N–H and O–H groups in total. The first-order valence-electron chi connectivity index (χ1n) is 8.02. The molecule has 0 aliphatic rings. The molecule has 0 amide bonds. The van der Waals surface area contributed by atoms with E-state index < -0.39 is 0 Å². The monoisotopic (exact) mass is 314 g/mol. The summed E-state index contributed by atoms with van der Waals surface area (Å²) in [5.41, 5.74) is 4.68. The molecule has 2 aromatic heterocycles. The van der Waals surface area contributed by atoms with Crippen LogP contribution < -0.4 is 0 Å². The van der Waals surface area contributed by atoms with Gasteiger partial charge in [-0.3, -0.25) is 0 Å². The second-order valence-electron chi connectivity index (χ2n) is 5.88. The molecule has 0 aliphatic heterocycles. The summed E-state index contributed by atoms with van der Waals surface area (Å²) in [6.45, 7) is 2.91. The molecule has 118 valence electrons. The average Bonchev–Trinajstić information content (AvgIpc) is 3.21. The number of nitrogens with zero attached hydrogens (tertiary/aromatic N) is 2. The Balaban J connectivity index is 1.78. The molecule has 0 saturated heterocycles. The second kappa shape index (κ2) is 6.20. The van der Waals surface area contributed by atoms with Gasteiger partial charge in [-0.05, 0) is 48.9 Å². The van der Waals surface area contributed by atoms with Crippen molar-refractivity contribution in [3.8, 4) is 0 Å². The van der Waals surface area contributed by atoms with Gasteiger partial charge in [0.2, 0.25) is 0 Å². The van der Waals surface area contributed by atoms with Crippen LogP contribution >= 0.6 is 0 Å². The molecule has 2 heterocycles. The zero-order chi connectivity index (χ0) is 16.4. The first kappa shape index (κ1) is 14.5. The summed E-state index contributed by atoms with van der Waals surface area (Å²) in [5, 5.41) is 0. The molecule has 0 fully saturated rings. The van der Waals surface area contributed by atoms with E-state index in [0.717, 1.165) is 29.2 Å². The number of rotatable bonds is 4. The molecular weight excluding hydrogens is 296 g/mol. The normalized spacial score (nSPS) is 11.5. The molecule has 0 bridgehead atoms. The number of aryl methyl sites for hydroxylation is 1. The molecule has 0 atom stereocenters. The van der Waals surface area contributed by atoms with Gasteiger partial charge in [0, 0.05) is 6.54 Å². The minimum Gasteiger partial charge on any atom is -0.465 e. The quantitative estimate of drug-likeness (QED) is 0.521. The van der Waals surface area contributed by atoms with Gasteiger partial charge in [-0.25, -0.2) is 4.98 Å². The van der Waals surface area contributed by atoms with Crippen LogP contribution in [-0.4, -0.2) is 9.55 Å². The largest absolute Gasteiger partial charge is 0.465 e. The van der Waals surface area contributed by atoms with Gasteiger partial charge in [0.05, 0.1) is 17.3 Å². The number of benzene rings is 2. The van der Waals surface area contributed by atoms with Crippen molar-refractivity contribution in [3.05, 3.63) is 89.6 Å². The Morgan fingerprint density at radius 2 is 1.92 bits per heavy atom. The highest BCUT2D eigenvalue weighted by atomic mass is 16.3. The van der Waals surface area contributed by atoms with E-state index in [-0.39, 0.29) is 0 Å². The van der Waals surface area contributed by atoms with Crippen LogP contribution in [-0.2, 0) is 6.54 Å². The van der Waals surface area contributed by atoms with E-state index in [1.807, 2.05) is 36.4 Å². The van der Waals surface area contributed by atoms with Crippen LogP contribution in [0.2, 0.25) is 0 Å². The number of hydrogen-bond donors (Lipinski definition) is 0. The highest BCUT2D eigenvalue weighted by Crippen LogP contribution is 2.20. The van der Waals surface area contributed by atoms with E-state index in [1.165, 1.54) is 11.1 Å². The molecular formula is C21H18N2O. The van der Waals surface area contributed by atoms with Crippen molar-refractivity contribution in [2.75, 3.05) is 0 Å². The lowest BCUT2D eigenvalue weighted by Crippen LogP contribution is -2.02. The molecule has 0 saturated carbocycles. The van der Waals surface area contributed by atoms with Crippen LogP contribution in [0.1, 0.15) is 22.7 Å². The van der Waals surface area contributed by atoms with E-state index in [9.17, 15) is 0 Å². The Morgan fingerprint density at radius 1 is 1.00 bits per heavy atom. The zero-order valence-corrected chi connectivity index (χ0v) is 13.5. The first-order valence-corrected chi connectivity index (χ1v) is 8.02. The molecule has 0 spiro atoms. The maximum Gasteiger partial charge on any atom is 0.134 e. The lowest BCUT2D eigenvalue weighted by atomic mass is 10.1. The highest BCUT2D eigenvalue weighted by molar-refractivity contribution is 5.79. The summed E-state index contributed by atoms with van der Waals surface area (Å²) in [5.74, 6) is 1.75. The van der Waals surface area contributed by atoms with Crippen LogP contribution in [0.25, 0.3) is 23.2 Å². The van der Waals surface area contributed by atoms with Gasteiger partial charge in [0.25, 0.3) is 0 Å². The van der Waals surface area contributed by atoms with E-state index in [0.29, 0.717) is 0 Å². The molecule has 0 unspecified atom stereocenters. The Bertz CT molecular complexity index is 994. The molecule has 4 rings (SSSR count). The maximum atomic E-state index is 5.38. The smallest absolute Gasteiger partial charge is 0.134 e. The van der Waals surface area contributed by atoms with E-state index >= 15 is 0 Å².